The zero-order valence-electron chi connectivity index (χ0n) is 13.2. The Morgan fingerprint density at radius 2 is 1.70 bits per heavy atom. The lowest BCUT2D eigenvalue weighted by Gasteiger charge is -2.35. The molecule has 1 aliphatic heterocycles. The highest BCUT2D eigenvalue weighted by Crippen LogP contribution is 2.31. The molecule has 0 radical (unpaired) electrons. The van der Waals surface area contributed by atoms with Gasteiger partial charge in [0.2, 0.25) is 5.91 Å². The molecule has 2 fully saturated rings. The Bertz CT molecular complexity index is 631. The topological polar surface area (TPSA) is 66.9 Å². The van der Waals surface area contributed by atoms with E-state index < -0.39 is 5.97 Å². The number of rotatable bonds is 3. The third kappa shape index (κ3) is 3.70. The van der Waals surface area contributed by atoms with Crippen LogP contribution in [-0.2, 0) is 9.59 Å². The Labute approximate surface area is 135 Å². The van der Waals surface area contributed by atoms with E-state index in [1.54, 1.807) is 29.2 Å². The molecule has 0 atom stereocenters. The zero-order chi connectivity index (χ0) is 16.4. The van der Waals surface area contributed by atoms with Crippen molar-refractivity contribution in [1.82, 2.24) is 9.80 Å². The fourth-order valence-corrected chi connectivity index (χ4v) is 2.76. The maximum Gasteiger partial charge on any atom is 0.308 e. The molecule has 1 saturated heterocycles. The summed E-state index contributed by atoms with van der Waals surface area (Å²) in [5.41, 5.74) is 0.491. The van der Waals surface area contributed by atoms with Gasteiger partial charge in [0.15, 0.2) is 0 Å². The van der Waals surface area contributed by atoms with E-state index in [2.05, 4.69) is 0 Å². The van der Waals surface area contributed by atoms with Gasteiger partial charge in [0.05, 0.1) is 0 Å². The van der Waals surface area contributed by atoms with Crippen molar-refractivity contribution in [2.45, 2.75) is 19.8 Å². The van der Waals surface area contributed by atoms with Gasteiger partial charge >= 0.3 is 5.97 Å². The average Bonchev–Trinajstić information content (AvgIpc) is 3.38. The van der Waals surface area contributed by atoms with E-state index in [0.29, 0.717) is 37.5 Å². The Morgan fingerprint density at radius 3 is 2.30 bits per heavy atom. The number of hydrogen-bond acceptors (Lipinski definition) is 4. The van der Waals surface area contributed by atoms with Crippen LogP contribution in [0.3, 0.4) is 0 Å². The van der Waals surface area contributed by atoms with Gasteiger partial charge in [-0.15, -0.1) is 0 Å². The van der Waals surface area contributed by atoms with Crippen LogP contribution in [0.1, 0.15) is 30.1 Å². The smallest absolute Gasteiger partial charge is 0.308 e. The van der Waals surface area contributed by atoms with Crippen LogP contribution in [0.4, 0.5) is 0 Å². The molecular weight excluding hydrogens is 296 g/mol. The number of carbonyl (C=O) groups excluding carboxylic acids is 3. The minimum atomic E-state index is -0.415. The zero-order valence-corrected chi connectivity index (χ0v) is 13.2. The maximum absolute atomic E-state index is 12.5. The Balaban J connectivity index is 1.60. The van der Waals surface area contributed by atoms with Gasteiger partial charge in [-0.25, -0.2) is 0 Å². The molecule has 1 heterocycles. The lowest BCUT2D eigenvalue weighted by atomic mass is 10.1. The Kier molecular flexibility index (Phi) is 4.32. The molecule has 1 aromatic carbocycles. The van der Waals surface area contributed by atoms with Crippen molar-refractivity contribution in [3.8, 4) is 5.75 Å². The summed E-state index contributed by atoms with van der Waals surface area (Å²) in [5, 5.41) is 0. The molecule has 3 rings (SSSR count). The van der Waals surface area contributed by atoms with Crippen LogP contribution in [0, 0.1) is 5.92 Å². The normalized spacial score (nSPS) is 17.8. The van der Waals surface area contributed by atoms with Crippen molar-refractivity contribution in [3.05, 3.63) is 29.8 Å². The third-order valence-corrected chi connectivity index (χ3v) is 4.15. The monoisotopic (exact) mass is 316 g/mol. The lowest BCUT2D eigenvalue weighted by molar-refractivity contribution is -0.134. The quantitative estimate of drug-likeness (QED) is 0.623. The summed E-state index contributed by atoms with van der Waals surface area (Å²) in [6, 6.07) is 6.62. The second-order valence-corrected chi connectivity index (χ2v) is 6.01. The summed E-state index contributed by atoms with van der Waals surface area (Å²) in [6.07, 6.45) is 2.00. The maximum atomic E-state index is 12.5. The van der Waals surface area contributed by atoms with E-state index in [4.69, 9.17) is 4.74 Å². The number of nitrogens with zero attached hydrogens (tertiary/aromatic N) is 2. The third-order valence-electron chi connectivity index (χ3n) is 4.15. The fraction of sp³-hybridized carbons (Fsp3) is 0.471. The number of piperazine rings is 1. The molecule has 0 aromatic heterocycles. The van der Waals surface area contributed by atoms with E-state index in [0.717, 1.165) is 12.8 Å². The highest BCUT2D eigenvalue weighted by molar-refractivity contribution is 5.95. The second-order valence-electron chi connectivity index (χ2n) is 6.01. The van der Waals surface area contributed by atoms with Crippen LogP contribution >= 0.6 is 0 Å². The summed E-state index contributed by atoms with van der Waals surface area (Å²) in [5.74, 6) is 0.303. The van der Waals surface area contributed by atoms with Gasteiger partial charge in [0.25, 0.3) is 5.91 Å². The number of hydrogen-bond donors (Lipinski definition) is 0. The summed E-state index contributed by atoms with van der Waals surface area (Å²) in [4.78, 5) is 39.2. The fourth-order valence-electron chi connectivity index (χ4n) is 2.76. The minimum Gasteiger partial charge on any atom is -0.427 e. The second kappa shape index (κ2) is 6.40. The van der Waals surface area contributed by atoms with E-state index in [1.807, 2.05) is 4.90 Å². The molecule has 6 heteroatoms. The van der Waals surface area contributed by atoms with Gasteiger partial charge in [-0.05, 0) is 31.0 Å². The summed E-state index contributed by atoms with van der Waals surface area (Å²) >= 11 is 0. The molecule has 0 bridgehead atoms. The predicted octanol–water partition coefficient (Wildman–Crippen LogP) is 1.31. The number of benzene rings is 1. The molecule has 0 spiro atoms. The van der Waals surface area contributed by atoms with Gasteiger partial charge in [-0.1, -0.05) is 6.07 Å². The van der Waals surface area contributed by atoms with Crippen LogP contribution in [0.5, 0.6) is 5.75 Å². The number of carbonyl (C=O) groups is 3. The molecule has 2 amide bonds. The van der Waals surface area contributed by atoms with Crippen molar-refractivity contribution >= 4 is 17.8 Å². The van der Waals surface area contributed by atoms with Crippen LogP contribution in [-0.4, -0.2) is 53.8 Å². The van der Waals surface area contributed by atoms with Crippen LogP contribution in [0.25, 0.3) is 0 Å². The highest BCUT2D eigenvalue weighted by atomic mass is 16.5. The number of amides is 2. The van der Waals surface area contributed by atoms with Gasteiger partial charge in [-0.2, -0.15) is 0 Å². The molecule has 2 aliphatic rings. The van der Waals surface area contributed by atoms with Crippen molar-refractivity contribution in [1.29, 1.82) is 0 Å². The standard InChI is InChI=1S/C17H20N2O4/c1-12(20)23-15-4-2-3-14(11-15)17(22)19-9-7-18(8-10-19)16(21)13-5-6-13/h2-4,11,13H,5-10H2,1H3. The van der Waals surface area contributed by atoms with Crippen molar-refractivity contribution in [3.63, 3.8) is 0 Å². The first kappa shape index (κ1) is 15.5. The van der Waals surface area contributed by atoms with Crippen LogP contribution in [0.15, 0.2) is 24.3 Å². The van der Waals surface area contributed by atoms with E-state index in [9.17, 15) is 14.4 Å². The Hall–Kier alpha value is -2.37. The average molecular weight is 316 g/mol. The van der Waals surface area contributed by atoms with E-state index in [1.165, 1.54) is 6.92 Å². The first-order valence-corrected chi connectivity index (χ1v) is 7.91. The van der Waals surface area contributed by atoms with E-state index in [-0.39, 0.29) is 17.7 Å². The molecule has 122 valence electrons. The van der Waals surface area contributed by atoms with E-state index >= 15 is 0 Å². The highest BCUT2D eigenvalue weighted by Gasteiger charge is 2.35. The van der Waals surface area contributed by atoms with Gasteiger partial charge in [-0.3, -0.25) is 14.4 Å². The number of ether oxygens (including phenoxy) is 1. The molecule has 0 unspecified atom stereocenters. The summed E-state index contributed by atoms with van der Waals surface area (Å²) < 4.78 is 5.01. The summed E-state index contributed by atoms with van der Waals surface area (Å²) in [6.45, 7) is 3.57. The minimum absolute atomic E-state index is 0.0995. The number of esters is 1. The SMILES string of the molecule is CC(=O)Oc1cccc(C(=O)N2CCN(C(=O)C3CC3)CC2)c1. The predicted molar refractivity (Wildman–Crippen MR) is 83.0 cm³/mol. The molecule has 0 N–H and O–H groups in total. The molecule has 1 aromatic rings. The summed E-state index contributed by atoms with van der Waals surface area (Å²) in [7, 11) is 0. The first-order chi connectivity index (χ1) is 11.0. The van der Waals surface area contributed by atoms with Crippen LogP contribution < -0.4 is 4.74 Å². The van der Waals surface area contributed by atoms with Crippen molar-refractivity contribution in [2.24, 2.45) is 5.92 Å². The molecule has 1 saturated carbocycles. The van der Waals surface area contributed by atoms with Crippen molar-refractivity contribution < 1.29 is 19.1 Å². The van der Waals surface area contributed by atoms with Gasteiger partial charge in [0, 0.05) is 44.6 Å². The Morgan fingerprint density at radius 1 is 1.04 bits per heavy atom. The molecular formula is C17H20N2O4. The molecule has 1 aliphatic carbocycles. The largest absolute Gasteiger partial charge is 0.427 e. The lowest BCUT2D eigenvalue weighted by Crippen LogP contribution is -2.51. The molecule has 23 heavy (non-hydrogen) atoms. The van der Waals surface area contributed by atoms with Gasteiger partial charge < -0.3 is 14.5 Å². The van der Waals surface area contributed by atoms with Crippen LogP contribution in [0.2, 0.25) is 0 Å². The van der Waals surface area contributed by atoms with Gasteiger partial charge in [0.1, 0.15) is 5.75 Å². The molecule has 6 nitrogen and oxygen atoms in total. The first-order valence-electron chi connectivity index (χ1n) is 7.91. The van der Waals surface area contributed by atoms with Crippen molar-refractivity contribution in [2.75, 3.05) is 26.2 Å².